The van der Waals surface area contributed by atoms with Crippen LogP contribution in [0.15, 0.2) is 42.5 Å². The number of hydrogen-bond acceptors (Lipinski definition) is 4. The summed E-state index contributed by atoms with van der Waals surface area (Å²) in [5.74, 6) is -3.46. The van der Waals surface area contributed by atoms with Gasteiger partial charge in [-0.25, -0.2) is 0 Å². The predicted octanol–water partition coefficient (Wildman–Crippen LogP) is 2.75. The maximum atomic E-state index is 12.2. The molecule has 5 nitrogen and oxygen atoms in total. The number of carboxylic acids is 1. The molecular weight excluding hydrogens is 306 g/mol. The normalized spacial score (nSPS) is 14.2. The number of hydrogen-bond donors (Lipinski definition) is 2. The van der Waals surface area contributed by atoms with Crippen LogP contribution in [0, 0.1) is 5.92 Å². The van der Waals surface area contributed by atoms with Crippen molar-refractivity contribution in [3.63, 3.8) is 0 Å². The Balaban J connectivity index is 2.18. The van der Waals surface area contributed by atoms with E-state index >= 15 is 0 Å². The number of carbonyl (C=O) groups excluding carboxylic acids is 1. The van der Waals surface area contributed by atoms with E-state index in [4.69, 9.17) is 10.5 Å². The van der Waals surface area contributed by atoms with Gasteiger partial charge in [-0.3, -0.25) is 9.59 Å². The number of carboxylic acid groups (broad SMARTS) is 1. The molecule has 0 aromatic heterocycles. The molecule has 2 rings (SSSR count). The first-order chi connectivity index (χ1) is 11.2. The van der Waals surface area contributed by atoms with Gasteiger partial charge in [-0.2, -0.15) is 0 Å². The molecule has 24 heavy (non-hydrogen) atoms. The fourth-order valence-corrected chi connectivity index (χ4v) is 2.58. The van der Waals surface area contributed by atoms with Crippen molar-refractivity contribution in [2.45, 2.75) is 38.8 Å². The van der Waals surface area contributed by atoms with Gasteiger partial charge in [0.1, 0.15) is 5.60 Å². The zero-order valence-electron chi connectivity index (χ0n) is 14.2. The largest absolute Gasteiger partial charge is 0.481 e. The topological polar surface area (TPSA) is 89.6 Å². The van der Waals surface area contributed by atoms with Crippen LogP contribution in [0.1, 0.15) is 26.3 Å². The number of rotatable bonds is 5. The first-order valence-corrected chi connectivity index (χ1v) is 7.86. The summed E-state index contributed by atoms with van der Waals surface area (Å²) in [4.78, 5) is 23.7. The third kappa shape index (κ3) is 4.55. The summed E-state index contributed by atoms with van der Waals surface area (Å²) in [6.45, 7) is 5.08. The third-order valence-corrected chi connectivity index (χ3v) is 3.64. The third-order valence-electron chi connectivity index (χ3n) is 3.64. The summed E-state index contributed by atoms with van der Waals surface area (Å²) >= 11 is 0. The molecule has 0 amide bonds. The van der Waals surface area contributed by atoms with Crippen LogP contribution in [-0.4, -0.2) is 28.7 Å². The van der Waals surface area contributed by atoms with E-state index in [1.54, 1.807) is 20.8 Å². The number of aliphatic carboxylic acids is 1. The molecule has 0 bridgehead atoms. The van der Waals surface area contributed by atoms with E-state index in [2.05, 4.69) is 0 Å². The molecule has 0 heterocycles. The molecule has 0 fully saturated rings. The fourth-order valence-electron chi connectivity index (χ4n) is 2.58. The number of carbonyl (C=O) groups is 2. The van der Waals surface area contributed by atoms with Crippen molar-refractivity contribution < 1.29 is 19.4 Å². The van der Waals surface area contributed by atoms with Crippen molar-refractivity contribution >= 4 is 22.7 Å². The Morgan fingerprint density at radius 1 is 1.12 bits per heavy atom. The molecule has 0 saturated heterocycles. The van der Waals surface area contributed by atoms with Crippen LogP contribution in [-0.2, 0) is 20.7 Å². The maximum Gasteiger partial charge on any atom is 0.322 e. The van der Waals surface area contributed by atoms with E-state index in [0.717, 1.165) is 16.3 Å². The summed E-state index contributed by atoms with van der Waals surface area (Å²) in [5.41, 5.74) is 6.16. The van der Waals surface area contributed by atoms with E-state index in [1.807, 2.05) is 42.5 Å². The lowest BCUT2D eigenvalue weighted by atomic mass is 9.93. The van der Waals surface area contributed by atoms with E-state index in [0.29, 0.717) is 0 Å². The van der Waals surface area contributed by atoms with E-state index in [-0.39, 0.29) is 6.42 Å². The van der Waals surface area contributed by atoms with E-state index < -0.39 is 29.5 Å². The monoisotopic (exact) mass is 329 g/mol. The summed E-state index contributed by atoms with van der Waals surface area (Å²) < 4.78 is 5.19. The molecule has 0 aliphatic heterocycles. The molecule has 5 heteroatoms. The lowest BCUT2D eigenvalue weighted by Gasteiger charge is -2.25. The summed E-state index contributed by atoms with van der Waals surface area (Å²) in [6, 6.07) is 12.8. The number of ether oxygens (including phenoxy) is 1. The lowest BCUT2D eigenvalue weighted by molar-refractivity contribution is -0.167. The standard InChI is InChI=1S/C19H23NO4/c1-19(2,3)24-18(23)16(17(21)22)15(20)11-12-8-9-13-6-4-5-7-14(13)10-12/h4-10,15-16H,11,20H2,1-3H3,(H,21,22). The Kier molecular flexibility index (Phi) is 5.24. The molecule has 2 unspecified atom stereocenters. The highest BCUT2D eigenvalue weighted by Gasteiger charge is 2.36. The Labute approximate surface area is 141 Å². The average molecular weight is 329 g/mol. The Hall–Kier alpha value is -2.40. The van der Waals surface area contributed by atoms with Crippen LogP contribution >= 0.6 is 0 Å². The highest BCUT2D eigenvalue weighted by molar-refractivity contribution is 5.95. The summed E-state index contributed by atoms with van der Waals surface area (Å²) in [7, 11) is 0. The SMILES string of the molecule is CC(C)(C)OC(=O)C(C(=O)O)C(N)Cc1ccc2ccccc2c1. The van der Waals surface area contributed by atoms with Crippen molar-refractivity contribution in [2.24, 2.45) is 11.7 Å². The molecule has 0 spiro atoms. The van der Waals surface area contributed by atoms with Crippen molar-refractivity contribution in [1.29, 1.82) is 0 Å². The van der Waals surface area contributed by atoms with Gasteiger partial charge in [0.25, 0.3) is 0 Å². The van der Waals surface area contributed by atoms with Crippen LogP contribution in [0.5, 0.6) is 0 Å². The Morgan fingerprint density at radius 2 is 1.75 bits per heavy atom. The molecule has 0 radical (unpaired) electrons. The fraction of sp³-hybridized carbons (Fsp3) is 0.368. The predicted molar refractivity (Wildman–Crippen MR) is 92.6 cm³/mol. The minimum Gasteiger partial charge on any atom is -0.481 e. The van der Waals surface area contributed by atoms with Crippen LogP contribution in [0.25, 0.3) is 10.8 Å². The first kappa shape index (κ1) is 17.9. The zero-order chi connectivity index (χ0) is 17.9. The van der Waals surface area contributed by atoms with Gasteiger partial charge in [-0.15, -0.1) is 0 Å². The van der Waals surface area contributed by atoms with Crippen LogP contribution in [0.4, 0.5) is 0 Å². The summed E-state index contributed by atoms with van der Waals surface area (Å²) in [6.07, 6.45) is 0.279. The number of esters is 1. The van der Waals surface area contributed by atoms with Crippen LogP contribution < -0.4 is 5.73 Å². The number of fused-ring (bicyclic) bond motifs is 1. The quantitative estimate of drug-likeness (QED) is 0.650. The van der Waals surface area contributed by atoms with Gasteiger partial charge in [0.15, 0.2) is 5.92 Å². The molecule has 3 N–H and O–H groups in total. The molecule has 128 valence electrons. The van der Waals surface area contributed by atoms with Crippen molar-refractivity contribution in [2.75, 3.05) is 0 Å². The molecular formula is C19H23NO4. The average Bonchev–Trinajstić information content (AvgIpc) is 2.44. The Morgan fingerprint density at radius 3 is 2.33 bits per heavy atom. The Bertz CT molecular complexity index is 748. The lowest BCUT2D eigenvalue weighted by Crippen LogP contribution is -2.45. The molecule has 0 aliphatic carbocycles. The van der Waals surface area contributed by atoms with Gasteiger partial charge < -0.3 is 15.6 Å². The number of benzene rings is 2. The molecule has 2 atom stereocenters. The molecule has 2 aromatic rings. The smallest absolute Gasteiger partial charge is 0.322 e. The highest BCUT2D eigenvalue weighted by atomic mass is 16.6. The minimum atomic E-state index is -1.39. The second-order valence-electron chi connectivity index (χ2n) is 6.90. The zero-order valence-corrected chi connectivity index (χ0v) is 14.2. The second kappa shape index (κ2) is 7.01. The van der Waals surface area contributed by atoms with Gasteiger partial charge >= 0.3 is 11.9 Å². The summed E-state index contributed by atoms with van der Waals surface area (Å²) in [5, 5.41) is 11.5. The van der Waals surface area contributed by atoms with Gasteiger partial charge in [0.05, 0.1) is 0 Å². The second-order valence-corrected chi connectivity index (χ2v) is 6.90. The first-order valence-electron chi connectivity index (χ1n) is 7.86. The minimum absolute atomic E-state index is 0.279. The van der Waals surface area contributed by atoms with E-state index in [9.17, 15) is 14.7 Å². The van der Waals surface area contributed by atoms with E-state index in [1.165, 1.54) is 0 Å². The number of nitrogens with two attached hydrogens (primary N) is 1. The van der Waals surface area contributed by atoms with Gasteiger partial charge in [-0.1, -0.05) is 42.5 Å². The van der Waals surface area contributed by atoms with Crippen LogP contribution in [0.2, 0.25) is 0 Å². The molecule has 2 aromatic carbocycles. The molecule has 0 aliphatic rings. The molecule has 0 saturated carbocycles. The van der Waals surface area contributed by atoms with Gasteiger partial charge in [0.2, 0.25) is 0 Å². The van der Waals surface area contributed by atoms with Gasteiger partial charge in [-0.05, 0) is 43.5 Å². The van der Waals surface area contributed by atoms with Crippen LogP contribution in [0.3, 0.4) is 0 Å². The maximum absolute atomic E-state index is 12.2. The van der Waals surface area contributed by atoms with Crippen molar-refractivity contribution in [1.82, 2.24) is 0 Å². The van der Waals surface area contributed by atoms with Crippen molar-refractivity contribution in [3.05, 3.63) is 48.0 Å². The highest BCUT2D eigenvalue weighted by Crippen LogP contribution is 2.20. The van der Waals surface area contributed by atoms with Gasteiger partial charge in [0, 0.05) is 6.04 Å². The van der Waals surface area contributed by atoms with Crippen molar-refractivity contribution in [3.8, 4) is 0 Å².